The van der Waals surface area contributed by atoms with Crippen molar-refractivity contribution in [1.82, 2.24) is 9.38 Å². The summed E-state index contributed by atoms with van der Waals surface area (Å²) in [6.07, 6.45) is 5.06. The van der Waals surface area contributed by atoms with Crippen molar-refractivity contribution in [3.63, 3.8) is 0 Å². The Morgan fingerprint density at radius 1 is 1.29 bits per heavy atom. The number of carbonyl (C=O) groups excluding carboxylic acids is 1. The number of halogens is 2. The Morgan fingerprint density at radius 2 is 2.03 bits per heavy atom. The number of rotatable bonds is 9. The molecule has 2 aromatic heterocycles. The Labute approximate surface area is 207 Å². The highest BCUT2D eigenvalue weighted by molar-refractivity contribution is 7.99. The third kappa shape index (κ3) is 5.91. The second kappa shape index (κ2) is 10.8. The van der Waals surface area contributed by atoms with Crippen molar-refractivity contribution in [2.24, 2.45) is 0 Å². The summed E-state index contributed by atoms with van der Waals surface area (Å²) in [5.74, 6) is -1.41. The third-order valence-electron chi connectivity index (χ3n) is 5.67. The van der Waals surface area contributed by atoms with Crippen LogP contribution in [0.4, 0.5) is 4.39 Å². The number of thioether (sulfide) groups is 1. The lowest BCUT2D eigenvalue weighted by Crippen LogP contribution is -2.27. The molecule has 9 heteroatoms. The molecule has 0 fully saturated rings. The van der Waals surface area contributed by atoms with Crippen molar-refractivity contribution >= 4 is 35.0 Å². The molecule has 0 amide bonds. The van der Waals surface area contributed by atoms with Gasteiger partial charge in [-0.3, -0.25) is 9.20 Å². The Balaban J connectivity index is 2.00. The van der Waals surface area contributed by atoms with Crippen molar-refractivity contribution in [3.8, 4) is 5.75 Å². The van der Waals surface area contributed by atoms with Crippen molar-refractivity contribution in [3.05, 3.63) is 74.5 Å². The Bertz CT molecular complexity index is 1260. The van der Waals surface area contributed by atoms with Gasteiger partial charge in [0.05, 0.1) is 18.2 Å². The normalized spacial score (nSPS) is 12.6. The van der Waals surface area contributed by atoms with Gasteiger partial charge >= 0.3 is 11.5 Å². The van der Waals surface area contributed by atoms with Crippen LogP contribution in [0.3, 0.4) is 0 Å². The fourth-order valence-electron chi connectivity index (χ4n) is 3.43. The second-order valence-corrected chi connectivity index (χ2v) is 10.6. The molecule has 1 atom stereocenters. The van der Waals surface area contributed by atoms with E-state index in [1.165, 1.54) is 17.6 Å². The van der Waals surface area contributed by atoms with Crippen LogP contribution in [0.15, 0.2) is 41.3 Å². The molecule has 0 spiro atoms. The minimum atomic E-state index is -0.753. The SMILES string of the molecule is COC(=O)c1nc2ccc(Cc3cccc(Cl)c3F)cn2c(=O)c1O[C@@H](C)CCC(C)(C)SC. The number of hydrogen-bond acceptors (Lipinski definition) is 6. The lowest BCUT2D eigenvalue weighted by Gasteiger charge is -2.24. The number of aromatic nitrogens is 2. The van der Waals surface area contributed by atoms with E-state index in [4.69, 9.17) is 21.1 Å². The first kappa shape index (κ1) is 26.0. The summed E-state index contributed by atoms with van der Waals surface area (Å²) in [6, 6.07) is 8.11. The Morgan fingerprint density at radius 3 is 2.71 bits per heavy atom. The lowest BCUT2D eigenvalue weighted by atomic mass is 10.0. The van der Waals surface area contributed by atoms with Gasteiger partial charge in [0.25, 0.3) is 0 Å². The molecule has 0 saturated carbocycles. The molecule has 6 nitrogen and oxygen atoms in total. The molecule has 0 unspecified atom stereocenters. The predicted molar refractivity (Wildman–Crippen MR) is 134 cm³/mol. The van der Waals surface area contributed by atoms with Crippen LogP contribution in [0.2, 0.25) is 5.02 Å². The number of nitrogens with zero attached hydrogens (tertiary/aromatic N) is 2. The summed E-state index contributed by atoms with van der Waals surface area (Å²) in [7, 11) is 1.22. The van der Waals surface area contributed by atoms with Crippen LogP contribution in [0.5, 0.6) is 5.75 Å². The highest BCUT2D eigenvalue weighted by atomic mass is 35.5. The van der Waals surface area contributed by atoms with Gasteiger partial charge in [-0.2, -0.15) is 11.8 Å². The molecule has 0 bridgehead atoms. The molecule has 34 heavy (non-hydrogen) atoms. The number of fused-ring (bicyclic) bond motifs is 1. The quantitative estimate of drug-likeness (QED) is 0.354. The van der Waals surface area contributed by atoms with Gasteiger partial charge in [-0.25, -0.2) is 14.2 Å². The summed E-state index contributed by atoms with van der Waals surface area (Å²) in [6.45, 7) is 6.13. The number of carbonyl (C=O) groups is 1. The van der Waals surface area contributed by atoms with Gasteiger partial charge < -0.3 is 9.47 Å². The summed E-state index contributed by atoms with van der Waals surface area (Å²) >= 11 is 7.64. The number of pyridine rings is 1. The van der Waals surface area contributed by atoms with Gasteiger partial charge in [0.1, 0.15) is 11.5 Å². The molecule has 3 aromatic rings. The maximum atomic E-state index is 14.4. The summed E-state index contributed by atoms with van der Waals surface area (Å²) in [4.78, 5) is 30.1. The Hall–Kier alpha value is -2.58. The summed E-state index contributed by atoms with van der Waals surface area (Å²) < 4.78 is 26.5. The third-order valence-corrected chi connectivity index (χ3v) is 7.27. The highest BCUT2D eigenvalue weighted by Gasteiger charge is 2.24. The summed E-state index contributed by atoms with van der Waals surface area (Å²) in [5.41, 5.74) is 0.626. The molecule has 2 heterocycles. The first-order chi connectivity index (χ1) is 16.1. The molecule has 182 valence electrons. The lowest BCUT2D eigenvalue weighted by molar-refractivity contribution is 0.0585. The van der Waals surface area contributed by atoms with Crippen molar-refractivity contribution in [2.75, 3.05) is 13.4 Å². The number of hydrogen-bond donors (Lipinski definition) is 0. The molecule has 0 saturated heterocycles. The van der Waals surface area contributed by atoms with Gasteiger partial charge in [0.2, 0.25) is 5.75 Å². The molecule has 0 N–H and O–H groups in total. The van der Waals surface area contributed by atoms with Crippen molar-refractivity contribution < 1.29 is 18.7 Å². The molecule has 1 aromatic carbocycles. The standard InChI is InChI=1S/C25H28ClFN2O4S/c1-15(11-12-25(2,3)34-5)33-22-21(24(31)32-4)28-19-10-9-16(14-29(19)23(22)30)13-17-7-6-8-18(26)20(17)27/h6-10,14-15H,11-13H2,1-5H3/t15-/m0/s1. The number of methoxy groups -OCH3 is 1. The van der Waals surface area contributed by atoms with Crippen LogP contribution in [-0.2, 0) is 11.2 Å². The van der Waals surface area contributed by atoms with Crippen LogP contribution in [0.1, 0.15) is 55.2 Å². The molecule has 0 aliphatic rings. The van der Waals surface area contributed by atoms with Crippen molar-refractivity contribution in [2.45, 2.75) is 50.9 Å². The van der Waals surface area contributed by atoms with Gasteiger partial charge in [-0.15, -0.1) is 0 Å². The largest absolute Gasteiger partial charge is 0.483 e. The monoisotopic (exact) mass is 506 g/mol. The molecular formula is C25H28ClFN2O4S. The molecule has 3 rings (SSSR count). The second-order valence-electron chi connectivity index (χ2n) is 8.67. The zero-order valence-electron chi connectivity index (χ0n) is 19.9. The smallest absolute Gasteiger partial charge is 0.360 e. The van der Waals surface area contributed by atoms with Gasteiger partial charge in [-0.05, 0) is 49.3 Å². The maximum Gasteiger partial charge on any atom is 0.360 e. The van der Waals surface area contributed by atoms with E-state index in [0.29, 0.717) is 17.5 Å². The predicted octanol–water partition coefficient (Wildman–Crippen LogP) is 5.55. The fraction of sp³-hybridized carbons (Fsp3) is 0.400. The number of benzene rings is 1. The van der Waals surface area contributed by atoms with E-state index in [-0.39, 0.29) is 39.4 Å². The van der Waals surface area contributed by atoms with E-state index >= 15 is 0 Å². The minimum absolute atomic E-state index is 0.0363. The van der Waals surface area contributed by atoms with E-state index in [2.05, 4.69) is 18.8 Å². The van der Waals surface area contributed by atoms with Crippen LogP contribution in [-0.4, -0.2) is 39.6 Å². The molecule has 0 aliphatic heterocycles. The average Bonchev–Trinajstić information content (AvgIpc) is 2.82. The van der Waals surface area contributed by atoms with E-state index in [1.807, 2.05) is 13.2 Å². The van der Waals surface area contributed by atoms with Gasteiger partial charge in [0.15, 0.2) is 5.69 Å². The molecular weight excluding hydrogens is 479 g/mol. The zero-order chi connectivity index (χ0) is 25.0. The first-order valence-electron chi connectivity index (χ1n) is 10.8. The number of esters is 1. The van der Waals surface area contributed by atoms with Crippen LogP contribution < -0.4 is 10.3 Å². The maximum absolute atomic E-state index is 14.4. The molecule has 0 radical (unpaired) electrons. The Kier molecular flexibility index (Phi) is 8.25. The topological polar surface area (TPSA) is 69.9 Å². The van der Waals surface area contributed by atoms with Crippen LogP contribution >= 0.6 is 23.4 Å². The van der Waals surface area contributed by atoms with E-state index in [0.717, 1.165) is 6.42 Å². The van der Waals surface area contributed by atoms with Crippen LogP contribution in [0, 0.1) is 5.82 Å². The number of ether oxygens (including phenoxy) is 2. The first-order valence-corrected chi connectivity index (χ1v) is 12.4. The van der Waals surface area contributed by atoms with Crippen LogP contribution in [0.25, 0.3) is 5.65 Å². The fourth-order valence-corrected chi connectivity index (χ4v) is 3.95. The van der Waals surface area contributed by atoms with Crippen molar-refractivity contribution in [1.29, 1.82) is 0 Å². The zero-order valence-corrected chi connectivity index (χ0v) is 21.4. The molecule has 0 aliphatic carbocycles. The highest BCUT2D eigenvalue weighted by Crippen LogP contribution is 2.28. The van der Waals surface area contributed by atoms with E-state index < -0.39 is 17.3 Å². The minimum Gasteiger partial charge on any atom is -0.483 e. The van der Waals surface area contributed by atoms with Gasteiger partial charge in [-0.1, -0.05) is 43.6 Å². The van der Waals surface area contributed by atoms with E-state index in [9.17, 15) is 14.0 Å². The average molecular weight is 507 g/mol. The summed E-state index contributed by atoms with van der Waals surface area (Å²) in [5, 5.41) is 0.0363. The van der Waals surface area contributed by atoms with E-state index in [1.54, 1.807) is 42.2 Å². The van der Waals surface area contributed by atoms with Gasteiger partial charge in [0, 0.05) is 17.4 Å².